The zero-order valence-electron chi connectivity index (χ0n) is 11.9. The van der Waals surface area contributed by atoms with Gasteiger partial charge in [-0.05, 0) is 46.2 Å². The number of imidazole rings is 1. The highest BCUT2D eigenvalue weighted by Crippen LogP contribution is 2.13. The smallest absolute Gasteiger partial charge is 0.122 e. The minimum absolute atomic E-state index is 0.644. The highest BCUT2D eigenvalue weighted by atomic mass is 15.2. The highest BCUT2D eigenvalue weighted by molar-refractivity contribution is 4.91. The molecule has 1 aromatic heterocycles. The van der Waals surface area contributed by atoms with E-state index in [0.29, 0.717) is 12.1 Å². The van der Waals surface area contributed by atoms with E-state index in [2.05, 4.69) is 40.7 Å². The van der Waals surface area contributed by atoms with Crippen molar-refractivity contribution in [1.29, 1.82) is 0 Å². The summed E-state index contributed by atoms with van der Waals surface area (Å²) < 4.78 is 2.09. The van der Waals surface area contributed by atoms with E-state index in [-0.39, 0.29) is 0 Å². The average Bonchev–Trinajstić information content (AvgIpc) is 2.62. The summed E-state index contributed by atoms with van der Waals surface area (Å²) in [6.45, 7) is 7.94. The minimum Gasteiger partial charge on any atom is -0.337 e. The van der Waals surface area contributed by atoms with Gasteiger partial charge in [0, 0.05) is 31.5 Å². The van der Waals surface area contributed by atoms with Gasteiger partial charge in [-0.2, -0.15) is 0 Å². The number of nitrogens with zero attached hydrogens (tertiary/aromatic N) is 3. The molecule has 1 aromatic rings. The van der Waals surface area contributed by atoms with Crippen LogP contribution in [0.25, 0.3) is 0 Å². The molecule has 4 nitrogen and oxygen atoms in total. The van der Waals surface area contributed by atoms with Gasteiger partial charge in [0.25, 0.3) is 0 Å². The van der Waals surface area contributed by atoms with E-state index >= 15 is 0 Å². The first-order valence-corrected chi connectivity index (χ1v) is 7.10. The van der Waals surface area contributed by atoms with Crippen molar-refractivity contribution in [2.45, 2.75) is 51.7 Å². The summed E-state index contributed by atoms with van der Waals surface area (Å²) >= 11 is 0. The van der Waals surface area contributed by atoms with Gasteiger partial charge < -0.3 is 14.8 Å². The molecule has 18 heavy (non-hydrogen) atoms. The summed E-state index contributed by atoms with van der Waals surface area (Å²) in [5.74, 6) is 1.12. The SMILES string of the molecule is CC(C)N1CCCC(NCc2nccn2C)CC1. The fourth-order valence-corrected chi connectivity index (χ4v) is 2.64. The lowest BCUT2D eigenvalue weighted by Crippen LogP contribution is -2.34. The molecule has 1 saturated heterocycles. The zero-order valence-corrected chi connectivity index (χ0v) is 11.9. The van der Waals surface area contributed by atoms with Gasteiger partial charge in [-0.1, -0.05) is 0 Å². The lowest BCUT2D eigenvalue weighted by Gasteiger charge is -2.24. The van der Waals surface area contributed by atoms with Crippen molar-refractivity contribution in [3.63, 3.8) is 0 Å². The van der Waals surface area contributed by atoms with Gasteiger partial charge in [-0.15, -0.1) is 0 Å². The third-order valence-electron chi connectivity index (χ3n) is 3.96. The van der Waals surface area contributed by atoms with Crippen LogP contribution in [0.1, 0.15) is 38.9 Å². The van der Waals surface area contributed by atoms with Crippen LogP contribution < -0.4 is 5.32 Å². The molecule has 0 aliphatic carbocycles. The van der Waals surface area contributed by atoms with E-state index in [1.807, 2.05) is 12.4 Å². The Morgan fingerprint density at radius 1 is 1.39 bits per heavy atom. The fourth-order valence-electron chi connectivity index (χ4n) is 2.64. The van der Waals surface area contributed by atoms with E-state index in [0.717, 1.165) is 12.4 Å². The maximum absolute atomic E-state index is 4.36. The van der Waals surface area contributed by atoms with Crippen LogP contribution in [0.4, 0.5) is 0 Å². The van der Waals surface area contributed by atoms with Gasteiger partial charge >= 0.3 is 0 Å². The van der Waals surface area contributed by atoms with Crippen LogP contribution in [0.5, 0.6) is 0 Å². The quantitative estimate of drug-likeness (QED) is 0.884. The lowest BCUT2D eigenvalue weighted by atomic mass is 10.1. The van der Waals surface area contributed by atoms with Gasteiger partial charge in [-0.25, -0.2) is 4.98 Å². The van der Waals surface area contributed by atoms with Crippen molar-refractivity contribution in [1.82, 2.24) is 19.8 Å². The lowest BCUT2D eigenvalue weighted by molar-refractivity contribution is 0.229. The van der Waals surface area contributed by atoms with Crippen molar-refractivity contribution in [2.75, 3.05) is 13.1 Å². The van der Waals surface area contributed by atoms with Crippen molar-refractivity contribution in [3.8, 4) is 0 Å². The summed E-state index contributed by atoms with van der Waals surface area (Å²) in [5.41, 5.74) is 0. The van der Waals surface area contributed by atoms with Gasteiger partial charge in [0.15, 0.2) is 0 Å². The number of hydrogen-bond acceptors (Lipinski definition) is 3. The standard InChI is InChI=1S/C14H26N4/c1-12(2)18-8-4-5-13(6-9-18)16-11-14-15-7-10-17(14)3/h7,10,12-13,16H,4-6,8-9,11H2,1-3H3. The predicted octanol–water partition coefficient (Wildman–Crippen LogP) is 1.77. The van der Waals surface area contributed by atoms with Crippen LogP contribution in [0, 0.1) is 0 Å². The van der Waals surface area contributed by atoms with Crippen LogP contribution in [-0.2, 0) is 13.6 Å². The van der Waals surface area contributed by atoms with Crippen LogP contribution in [0.2, 0.25) is 0 Å². The summed E-state index contributed by atoms with van der Waals surface area (Å²) in [6.07, 6.45) is 7.71. The molecule has 2 rings (SSSR count). The molecule has 0 saturated carbocycles. The summed E-state index contributed by atoms with van der Waals surface area (Å²) in [4.78, 5) is 6.94. The van der Waals surface area contributed by atoms with Crippen molar-refractivity contribution in [3.05, 3.63) is 18.2 Å². The molecule has 2 heterocycles. The highest BCUT2D eigenvalue weighted by Gasteiger charge is 2.18. The van der Waals surface area contributed by atoms with Crippen molar-refractivity contribution < 1.29 is 0 Å². The number of hydrogen-bond donors (Lipinski definition) is 1. The Bertz CT molecular complexity index is 358. The van der Waals surface area contributed by atoms with Crippen molar-refractivity contribution in [2.24, 2.45) is 7.05 Å². The van der Waals surface area contributed by atoms with Crippen molar-refractivity contribution >= 4 is 0 Å². The predicted molar refractivity (Wildman–Crippen MR) is 74.4 cm³/mol. The van der Waals surface area contributed by atoms with Gasteiger partial charge in [-0.3, -0.25) is 0 Å². The number of nitrogens with one attached hydrogen (secondary N) is 1. The molecule has 4 heteroatoms. The van der Waals surface area contributed by atoms with Gasteiger partial charge in [0.05, 0.1) is 6.54 Å². The molecule has 1 N–H and O–H groups in total. The topological polar surface area (TPSA) is 33.1 Å². The summed E-state index contributed by atoms with van der Waals surface area (Å²) in [7, 11) is 2.05. The first kappa shape index (κ1) is 13.6. The second-order valence-corrected chi connectivity index (χ2v) is 5.59. The molecule has 0 radical (unpaired) electrons. The molecule has 0 spiro atoms. The molecule has 0 bridgehead atoms. The third-order valence-corrected chi connectivity index (χ3v) is 3.96. The maximum Gasteiger partial charge on any atom is 0.122 e. The maximum atomic E-state index is 4.36. The molecule has 0 amide bonds. The molecular formula is C14H26N4. The van der Waals surface area contributed by atoms with E-state index in [1.165, 1.54) is 32.4 Å². The van der Waals surface area contributed by atoms with Gasteiger partial charge in [0.2, 0.25) is 0 Å². The normalized spacial score (nSPS) is 22.3. The number of aryl methyl sites for hydroxylation is 1. The summed E-state index contributed by atoms with van der Waals surface area (Å²) in [6, 6.07) is 1.32. The Balaban J connectivity index is 1.79. The Kier molecular flexibility index (Phi) is 4.78. The molecule has 0 aromatic carbocycles. The minimum atomic E-state index is 0.644. The molecule has 1 unspecified atom stereocenters. The fraction of sp³-hybridized carbons (Fsp3) is 0.786. The third kappa shape index (κ3) is 3.56. The first-order chi connectivity index (χ1) is 8.66. The largest absolute Gasteiger partial charge is 0.337 e. The van der Waals surface area contributed by atoms with Crippen LogP contribution in [0.15, 0.2) is 12.4 Å². The Hall–Kier alpha value is -0.870. The summed E-state index contributed by atoms with van der Waals surface area (Å²) in [5, 5.41) is 3.65. The molecule has 1 aliphatic rings. The van der Waals surface area contributed by atoms with E-state index < -0.39 is 0 Å². The number of rotatable bonds is 4. The second-order valence-electron chi connectivity index (χ2n) is 5.59. The molecule has 1 fully saturated rings. The zero-order chi connectivity index (χ0) is 13.0. The van der Waals surface area contributed by atoms with Gasteiger partial charge in [0.1, 0.15) is 5.82 Å². The van der Waals surface area contributed by atoms with E-state index in [9.17, 15) is 0 Å². The van der Waals surface area contributed by atoms with E-state index in [4.69, 9.17) is 0 Å². The van der Waals surface area contributed by atoms with Crippen LogP contribution in [0.3, 0.4) is 0 Å². The average molecular weight is 250 g/mol. The van der Waals surface area contributed by atoms with Crippen LogP contribution in [-0.4, -0.2) is 39.6 Å². The molecular weight excluding hydrogens is 224 g/mol. The Morgan fingerprint density at radius 3 is 2.89 bits per heavy atom. The van der Waals surface area contributed by atoms with Crippen LogP contribution >= 0.6 is 0 Å². The van der Waals surface area contributed by atoms with E-state index in [1.54, 1.807) is 0 Å². The molecule has 1 aliphatic heterocycles. The molecule has 1 atom stereocenters. The number of aromatic nitrogens is 2. The Morgan fingerprint density at radius 2 is 2.22 bits per heavy atom. The second kappa shape index (κ2) is 6.34. The Labute approximate surface area is 110 Å². The number of likely N-dealkylation sites (tertiary alicyclic amines) is 1. The molecule has 102 valence electrons. The first-order valence-electron chi connectivity index (χ1n) is 7.10. The monoisotopic (exact) mass is 250 g/mol.